The van der Waals surface area contributed by atoms with E-state index in [1.54, 1.807) is 24.1 Å². The molecule has 0 bridgehead atoms. The smallest absolute Gasteiger partial charge is 0.254 e. The molecule has 1 aromatic carbocycles. The molecule has 3 heterocycles. The van der Waals surface area contributed by atoms with Crippen molar-refractivity contribution in [3.8, 4) is 11.5 Å². The maximum Gasteiger partial charge on any atom is 0.254 e. The molecule has 1 unspecified atom stereocenters. The van der Waals surface area contributed by atoms with Crippen LogP contribution in [0, 0.1) is 0 Å². The van der Waals surface area contributed by atoms with Gasteiger partial charge in [0.25, 0.3) is 5.91 Å². The highest BCUT2D eigenvalue weighted by atomic mass is 16.7. The van der Waals surface area contributed by atoms with Gasteiger partial charge in [0.2, 0.25) is 6.79 Å². The van der Waals surface area contributed by atoms with Crippen LogP contribution in [0.4, 0.5) is 0 Å². The van der Waals surface area contributed by atoms with E-state index in [0.29, 0.717) is 17.9 Å². The van der Waals surface area contributed by atoms with E-state index in [9.17, 15) is 9.90 Å². The zero-order chi connectivity index (χ0) is 18.8. The lowest BCUT2D eigenvalue weighted by Crippen LogP contribution is -2.45. The Hall–Kier alpha value is -2.58. The Labute approximate surface area is 157 Å². The minimum atomic E-state index is -0.582. The molecule has 1 aromatic heterocycles. The SMILES string of the molecule is Cn1cc(C(=O)NC2CCN(CC(O)c3ccc4c(c3)OCO4)CC2)cn1. The fourth-order valence-corrected chi connectivity index (χ4v) is 3.54. The number of aromatic nitrogens is 2. The first-order valence-electron chi connectivity index (χ1n) is 9.18. The molecular formula is C19H24N4O4. The average Bonchev–Trinajstić information content (AvgIpc) is 3.31. The lowest BCUT2D eigenvalue weighted by atomic mass is 10.0. The number of β-amino-alcohol motifs (C(OH)–C–C–N with tert-alkyl or cyclic N) is 1. The quantitative estimate of drug-likeness (QED) is 0.816. The van der Waals surface area contributed by atoms with Crippen molar-refractivity contribution >= 4 is 5.91 Å². The fraction of sp³-hybridized carbons (Fsp3) is 0.474. The number of fused-ring (bicyclic) bond motifs is 1. The maximum atomic E-state index is 12.2. The van der Waals surface area contributed by atoms with Crippen molar-refractivity contribution in [3.63, 3.8) is 0 Å². The van der Waals surface area contributed by atoms with Crippen LogP contribution >= 0.6 is 0 Å². The summed E-state index contributed by atoms with van der Waals surface area (Å²) in [5, 5.41) is 17.6. The van der Waals surface area contributed by atoms with Crippen LogP contribution < -0.4 is 14.8 Å². The van der Waals surface area contributed by atoms with Crippen molar-refractivity contribution in [2.75, 3.05) is 26.4 Å². The Balaban J connectivity index is 1.26. The number of likely N-dealkylation sites (tertiary alicyclic amines) is 1. The number of amides is 1. The zero-order valence-electron chi connectivity index (χ0n) is 15.3. The number of carbonyl (C=O) groups is 1. The van der Waals surface area contributed by atoms with Gasteiger partial charge in [0.05, 0.1) is 17.9 Å². The number of hydrogen-bond acceptors (Lipinski definition) is 6. The van der Waals surface area contributed by atoms with E-state index in [-0.39, 0.29) is 18.7 Å². The molecule has 1 saturated heterocycles. The van der Waals surface area contributed by atoms with Gasteiger partial charge in [-0.1, -0.05) is 6.07 Å². The van der Waals surface area contributed by atoms with Gasteiger partial charge in [0, 0.05) is 38.9 Å². The molecule has 8 heteroatoms. The fourth-order valence-electron chi connectivity index (χ4n) is 3.54. The second-order valence-electron chi connectivity index (χ2n) is 7.08. The minimum Gasteiger partial charge on any atom is -0.454 e. The normalized spacial score (nSPS) is 18.4. The van der Waals surface area contributed by atoms with Gasteiger partial charge in [-0.15, -0.1) is 0 Å². The number of benzene rings is 1. The second kappa shape index (κ2) is 7.58. The molecule has 8 nitrogen and oxygen atoms in total. The van der Waals surface area contributed by atoms with Crippen LogP contribution in [-0.4, -0.2) is 58.2 Å². The van der Waals surface area contributed by atoms with Crippen molar-refractivity contribution in [3.05, 3.63) is 41.7 Å². The Morgan fingerprint density at radius 1 is 1.33 bits per heavy atom. The van der Waals surface area contributed by atoms with E-state index >= 15 is 0 Å². The van der Waals surface area contributed by atoms with E-state index in [0.717, 1.165) is 37.2 Å². The van der Waals surface area contributed by atoms with Gasteiger partial charge in [-0.05, 0) is 30.5 Å². The van der Waals surface area contributed by atoms with Crippen molar-refractivity contribution in [1.29, 1.82) is 0 Å². The first-order valence-corrected chi connectivity index (χ1v) is 9.18. The molecule has 0 radical (unpaired) electrons. The van der Waals surface area contributed by atoms with Gasteiger partial charge in [-0.3, -0.25) is 9.48 Å². The standard InChI is InChI=1S/C19H24N4O4/c1-22-10-14(9-20-22)19(25)21-15-4-6-23(7-5-15)11-16(24)13-2-3-17-18(8-13)27-12-26-17/h2-3,8-10,15-16,24H,4-7,11-12H2,1H3,(H,21,25). The number of hydrogen-bond donors (Lipinski definition) is 2. The third-order valence-electron chi connectivity index (χ3n) is 5.10. The summed E-state index contributed by atoms with van der Waals surface area (Å²) in [5.74, 6) is 1.32. The molecule has 0 aliphatic carbocycles. The van der Waals surface area contributed by atoms with Gasteiger partial charge in [0.15, 0.2) is 11.5 Å². The highest BCUT2D eigenvalue weighted by Gasteiger charge is 2.24. The summed E-state index contributed by atoms with van der Waals surface area (Å²) in [6.45, 7) is 2.45. The summed E-state index contributed by atoms with van der Waals surface area (Å²) in [7, 11) is 1.79. The number of rotatable bonds is 5. The number of aliphatic hydroxyl groups is 1. The molecule has 2 aliphatic rings. The molecule has 1 atom stereocenters. The van der Waals surface area contributed by atoms with Crippen molar-refractivity contribution in [2.45, 2.75) is 25.0 Å². The van der Waals surface area contributed by atoms with Gasteiger partial charge >= 0.3 is 0 Å². The first kappa shape index (κ1) is 17.8. The van der Waals surface area contributed by atoms with Crippen LogP contribution in [-0.2, 0) is 7.05 Å². The number of nitrogens with zero attached hydrogens (tertiary/aromatic N) is 3. The van der Waals surface area contributed by atoms with Crippen LogP contribution in [0.2, 0.25) is 0 Å². The summed E-state index contributed by atoms with van der Waals surface area (Å²) in [6.07, 6.45) is 4.43. The number of aryl methyl sites for hydroxylation is 1. The highest BCUT2D eigenvalue weighted by molar-refractivity contribution is 5.93. The number of ether oxygens (including phenoxy) is 2. The third kappa shape index (κ3) is 4.06. The largest absolute Gasteiger partial charge is 0.454 e. The summed E-state index contributed by atoms with van der Waals surface area (Å²) in [5.41, 5.74) is 1.41. The molecule has 0 spiro atoms. The predicted octanol–water partition coefficient (Wildman–Crippen LogP) is 1.08. The van der Waals surface area contributed by atoms with Crippen molar-refractivity contribution in [2.24, 2.45) is 7.05 Å². The second-order valence-corrected chi connectivity index (χ2v) is 7.08. The predicted molar refractivity (Wildman–Crippen MR) is 97.7 cm³/mol. The molecule has 27 heavy (non-hydrogen) atoms. The minimum absolute atomic E-state index is 0.0815. The summed E-state index contributed by atoms with van der Waals surface area (Å²) >= 11 is 0. The summed E-state index contributed by atoms with van der Waals surface area (Å²) in [4.78, 5) is 14.4. The number of carbonyl (C=O) groups excluding carboxylic acids is 1. The lowest BCUT2D eigenvalue weighted by Gasteiger charge is -2.33. The van der Waals surface area contributed by atoms with Crippen molar-refractivity contribution in [1.82, 2.24) is 20.0 Å². The highest BCUT2D eigenvalue weighted by Crippen LogP contribution is 2.34. The number of piperidine rings is 1. The third-order valence-corrected chi connectivity index (χ3v) is 5.10. The van der Waals surface area contributed by atoms with Gasteiger partial charge < -0.3 is 24.8 Å². The Morgan fingerprint density at radius 2 is 2.11 bits per heavy atom. The summed E-state index contributed by atoms with van der Waals surface area (Å²) in [6, 6.07) is 5.70. The van der Waals surface area contributed by atoms with Crippen LogP contribution in [0.25, 0.3) is 0 Å². The van der Waals surface area contributed by atoms with Crippen LogP contribution in [0.5, 0.6) is 11.5 Å². The molecule has 0 saturated carbocycles. The molecule has 1 amide bonds. The van der Waals surface area contributed by atoms with E-state index in [1.165, 1.54) is 0 Å². The van der Waals surface area contributed by atoms with Crippen LogP contribution in [0.15, 0.2) is 30.6 Å². The molecule has 4 rings (SSSR count). The van der Waals surface area contributed by atoms with E-state index in [2.05, 4.69) is 15.3 Å². The average molecular weight is 372 g/mol. The first-order chi connectivity index (χ1) is 13.1. The Morgan fingerprint density at radius 3 is 2.85 bits per heavy atom. The molecule has 2 aromatic rings. The monoisotopic (exact) mass is 372 g/mol. The summed E-state index contributed by atoms with van der Waals surface area (Å²) < 4.78 is 12.3. The zero-order valence-corrected chi connectivity index (χ0v) is 15.3. The number of nitrogens with one attached hydrogen (secondary N) is 1. The Bertz CT molecular complexity index is 814. The molecule has 1 fully saturated rings. The van der Waals surface area contributed by atoms with Crippen LogP contribution in [0.1, 0.15) is 34.9 Å². The van der Waals surface area contributed by atoms with Gasteiger partial charge in [-0.2, -0.15) is 5.10 Å². The topological polar surface area (TPSA) is 88.9 Å². The van der Waals surface area contributed by atoms with Gasteiger partial charge in [-0.25, -0.2) is 0 Å². The molecular weight excluding hydrogens is 348 g/mol. The molecule has 144 valence electrons. The maximum absolute atomic E-state index is 12.2. The Kier molecular flexibility index (Phi) is 5.00. The molecule has 2 N–H and O–H groups in total. The van der Waals surface area contributed by atoms with E-state index < -0.39 is 6.10 Å². The van der Waals surface area contributed by atoms with E-state index in [4.69, 9.17) is 9.47 Å². The number of aliphatic hydroxyl groups excluding tert-OH is 1. The van der Waals surface area contributed by atoms with Crippen molar-refractivity contribution < 1.29 is 19.4 Å². The van der Waals surface area contributed by atoms with Gasteiger partial charge in [0.1, 0.15) is 0 Å². The lowest BCUT2D eigenvalue weighted by molar-refractivity contribution is 0.0827. The van der Waals surface area contributed by atoms with E-state index in [1.807, 2.05) is 18.2 Å². The van der Waals surface area contributed by atoms with Crippen LogP contribution in [0.3, 0.4) is 0 Å². The molecule has 2 aliphatic heterocycles.